The highest BCUT2D eigenvalue weighted by Gasteiger charge is 2.38. The van der Waals surface area contributed by atoms with Crippen molar-refractivity contribution >= 4 is 39.1 Å². The summed E-state index contributed by atoms with van der Waals surface area (Å²) in [5.41, 5.74) is 2.24. The topological polar surface area (TPSA) is 94.2 Å². The maximum absolute atomic E-state index is 13.6. The molecule has 9 heteroatoms. The molecule has 0 atom stereocenters. The minimum atomic E-state index is -0.262. The number of ether oxygens (including phenoxy) is 3. The van der Waals surface area contributed by atoms with Gasteiger partial charge in [0.2, 0.25) is 0 Å². The lowest BCUT2D eigenvalue weighted by Crippen LogP contribution is -2.44. The number of thiophene rings is 1. The number of methoxy groups -OCH3 is 2. The van der Waals surface area contributed by atoms with E-state index in [0.717, 1.165) is 28.5 Å². The Morgan fingerprint density at radius 1 is 1.03 bits per heavy atom. The fourth-order valence-corrected chi connectivity index (χ4v) is 6.22. The van der Waals surface area contributed by atoms with Crippen LogP contribution in [0.3, 0.4) is 0 Å². The Morgan fingerprint density at radius 2 is 1.64 bits per heavy atom. The lowest BCUT2D eigenvalue weighted by molar-refractivity contribution is 0.0949. The Kier molecular flexibility index (Phi) is 6.68. The molecular formula is C27H28N2O6S. The van der Waals surface area contributed by atoms with Gasteiger partial charge >= 0.3 is 6.09 Å². The quantitative estimate of drug-likeness (QED) is 0.412. The summed E-state index contributed by atoms with van der Waals surface area (Å²) in [7, 11) is 3.05. The van der Waals surface area contributed by atoms with Gasteiger partial charge in [-0.25, -0.2) is 4.79 Å². The normalized spacial score (nSPS) is 15.6. The first-order chi connectivity index (χ1) is 17.5. The van der Waals surface area contributed by atoms with Gasteiger partial charge in [-0.1, -0.05) is 24.3 Å². The Balaban J connectivity index is 1.47. The first-order valence-corrected chi connectivity index (χ1v) is 12.9. The molecule has 0 spiro atoms. The zero-order chi connectivity index (χ0) is 25.4. The number of amides is 1. The first-order valence-electron chi connectivity index (χ1n) is 12.0. The Morgan fingerprint density at radius 3 is 2.22 bits per heavy atom. The predicted molar refractivity (Wildman–Crippen MR) is 137 cm³/mol. The zero-order valence-corrected chi connectivity index (χ0v) is 21.3. The van der Waals surface area contributed by atoms with Crippen LogP contribution in [0.5, 0.6) is 11.5 Å². The van der Waals surface area contributed by atoms with E-state index in [1.165, 1.54) is 25.6 Å². The molecule has 1 saturated heterocycles. The summed E-state index contributed by atoms with van der Waals surface area (Å²) in [6, 6.07) is 7.10. The molecule has 0 radical (unpaired) electrons. The number of rotatable bonds is 6. The minimum Gasteiger partial charge on any atom is -0.495 e. The monoisotopic (exact) mass is 508 g/mol. The van der Waals surface area contributed by atoms with Crippen molar-refractivity contribution in [3.8, 4) is 11.5 Å². The summed E-state index contributed by atoms with van der Waals surface area (Å²) in [6.07, 6.45) is 1.38. The van der Waals surface area contributed by atoms with E-state index in [0.29, 0.717) is 48.9 Å². The minimum absolute atomic E-state index is 0.237. The molecule has 3 aromatic rings. The maximum Gasteiger partial charge on any atom is 0.409 e. The number of hydrogen-bond donors (Lipinski definition) is 1. The standard InChI is InChI=1S/C27H28N2O6S/c1-4-35-27(32)29-11-9-16(10-12-29)28-13-15-14-36-26-19(15)24(33-2)20-21(25(26)34-3)23(31)18-8-6-5-7-17(18)22(20)30/h5-8,14,16,28H,4,9-13H2,1-3H3. The van der Waals surface area contributed by atoms with Crippen molar-refractivity contribution in [1.82, 2.24) is 10.2 Å². The third-order valence-electron chi connectivity index (χ3n) is 6.89. The second-order valence-corrected chi connectivity index (χ2v) is 9.71. The van der Waals surface area contributed by atoms with Crippen LogP contribution in [0, 0.1) is 0 Å². The summed E-state index contributed by atoms with van der Waals surface area (Å²) < 4.78 is 17.4. The van der Waals surface area contributed by atoms with Gasteiger partial charge in [-0.15, -0.1) is 11.3 Å². The number of hydrogen-bond acceptors (Lipinski definition) is 8. The third kappa shape index (κ3) is 3.92. The van der Waals surface area contributed by atoms with Crippen molar-refractivity contribution in [1.29, 1.82) is 0 Å². The number of carbonyl (C=O) groups is 3. The lowest BCUT2D eigenvalue weighted by atomic mass is 9.82. The average Bonchev–Trinajstić information content (AvgIpc) is 3.33. The number of carbonyl (C=O) groups excluding carboxylic acids is 3. The summed E-state index contributed by atoms with van der Waals surface area (Å²) in [6.45, 7) is 4.02. The molecule has 2 heterocycles. The Labute approximate surface area is 213 Å². The van der Waals surface area contributed by atoms with Gasteiger partial charge in [0.1, 0.15) is 11.5 Å². The molecule has 1 aliphatic carbocycles. The fraction of sp³-hybridized carbons (Fsp3) is 0.370. The van der Waals surface area contributed by atoms with Gasteiger partial charge in [0.25, 0.3) is 0 Å². The number of nitrogens with one attached hydrogen (secondary N) is 1. The fourth-order valence-electron chi connectivity index (χ4n) is 5.12. The first kappa shape index (κ1) is 24.3. The van der Waals surface area contributed by atoms with Gasteiger partial charge < -0.3 is 24.4 Å². The van der Waals surface area contributed by atoms with Crippen molar-refractivity contribution in [3.63, 3.8) is 0 Å². The maximum atomic E-state index is 13.6. The second-order valence-electron chi connectivity index (χ2n) is 8.83. The highest BCUT2D eigenvalue weighted by molar-refractivity contribution is 7.18. The van der Waals surface area contributed by atoms with Crippen molar-refractivity contribution in [3.05, 3.63) is 57.5 Å². The average molecular weight is 509 g/mol. The van der Waals surface area contributed by atoms with E-state index in [1.807, 2.05) is 5.38 Å². The number of nitrogens with zero attached hydrogens (tertiary/aromatic N) is 1. The molecule has 1 aromatic heterocycles. The van der Waals surface area contributed by atoms with Crippen LogP contribution >= 0.6 is 11.3 Å². The van der Waals surface area contributed by atoms with E-state index in [4.69, 9.17) is 14.2 Å². The Bertz CT molecular complexity index is 1360. The van der Waals surface area contributed by atoms with E-state index in [-0.39, 0.29) is 34.8 Å². The van der Waals surface area contributed by atoms with E-state index in [9.17, 15) is 14.4 Å². The molecule has 2 aromatic carbocycles. The number of benzene rings is 2. The molecule has 1 N–H and O–H groups in total. The van der Waals surface area contributed by atoms with E-state index in [2.05, 4.69) is 5.32 Å². The van der Waals surface area contributed by atoms with Gasteiger partial charge in [0.05, 0.1) is 36.7 Å². The lowest BCUT2D eigenvalue weighted by Gasteiger charge is -2.31. The number of ketones is 2. The summed E-state index contributed by atoms with van der Waals surface area (Å²) >= 11 is 1.47. The third-order valence-corrected chi connectivity index (χ3v) is 7.91. The predicted octanol–water partition coefficient (Wildman–Crippen LogP) is 4.40. The van der Waals surface area contributed by atoms with Crippen LogP contribution < -0.4 is 14.8 Å². The number of piperidine rings is 1. The molecule has 1 aliphatic heterocycles. The van der Waals surface area contributed by atoms with Crippen LogP contribution in [0.1, 0.15) is 57.2 Å². The highest BCUT2D eigenvalue weighted by atomic mass is 32.1. The molecular weight excluding hydrogens is 480 g/mol. The second kappa shape index (κ2) is 9.91. The van der Waals surface area contributed by atoms with Gasteiger partial charge in [-0.3, -0.25) is 9.59 Å². The van der Waals surface area contributed by atoms with Crippen LogP contribution in [-0.4, -0.2) is 62.5 Å². The van der Waals surface area contributed by atoms with Gasteiger partial charge in [-0.2, -0.15) is 0 Å². The largest absolute Gasteiger partial charge is 0.495 e. The summed E-state index contributed by atoms with van der Waals surface area (Å²) in [4.78, 5) is 40.8. The summed E-state index contributed by atoms with van der Waals surface area (Å²) in [5, 5.41) is 6.40. The van der Waals surface area contributed by atoms with Crippen LogP contribution in [0.25, 0.3) is 10.1 Å². The molecule has 0 unspecified atom stereocenters. The van der Waals surface area contributed by atoms with Gasteiger partial charge in [0, 0.05) is 42.2 Å². The van der Waals surface area contributed by atoms with Crippen LogP contribution in [-0.2, 0) is 11.3 Å². The van der Waals surface area contributed by atoms with E-state index >= 15 is 0 Å². The number of fused-ring (bicyclic) bond motifs is 3. The molecule has 2 aliphatic rings. The van der Waals surface area contributed by atoms with Gasteiger partial charge in [0.15, 0.2) is 11.6 Å². The molecule has 8 nitrogen and oxygen atoms in total. The molecule has 0 saturated carbocycles. The molecule has 5 rings (SSSR count). The Hall–Kier alpha value is -3.43. The summed E-state index contributed by atoms with van der Waals surface area (Å²) in [5.74, 6) is 0.337. The SMILES string of the molecule is CCOC(=O)N1CCC(NCc2csc3c(OC)c4c(c(OC)c23)C(=O)c2ccccc2C4=O)CC1. The van der Waals surface area contributed by atoms with Crippen molar-refractivity contribution in [2.45, 2.75) is 32.4 Å². The molecule has 36 heavy (non-hydrogen) atoms. The van der Waals surface area contributed by atoms with Crippen LogP contribution in [0.4, 0.5) is 4.79 Å². The molecule has 0 bridgehead atoms. The molecule has 1 amide bonds. The van der Waals surface area contributed by atoms with E-state index in [1.54, 1.807) is 36.1 Å². The van der Waals surface area contributed by atoms with Crippen LogP contribution in [0.2, 0.25) is 0 Å². The van der Waals surface area contributed by atoms with Crippen molar-refractivity contribution in [2.75, 3.05) is 33.9 Å². The van der Waals surface area contributed by atoms with Crippen molar-refractivity contribution < 1.29 is 28.6 Å². The molecule has 1 fully saturated rings. The highest BCUT2D eigenvalue weighted by Crippen LogP contribution is 2.48. The zero-order valence-electron chi connectivity index (χ0n) is 20.5. The van der Waals surface area contributed by atoms with Crippen LogP contribution in [0.15, 0.2) is 29.6 Å². The molecule has 188 valence electrons. The smallest absolute Gasteiger partial charge is 0.409 e. The van der Waals surface area contributed by atoms with Crippen molar-refractivity contribution in [2.24, 2.45) is 0 Å². The number of likely N-dealkylation sites (tertiary alicyclic amines) is 1. The van der Waals surface area contributed by atoms with E-state index < -0.39 is 0 Å². The van der Waals surface area contributed by atoms with Gasteiger partial charge in [-0.05, 0) is 30.7 Å².